The highest BCUT2D eigenvalue weighted by atomic mass is 28.3. The molecule has 0 atom stereocenters. The molecule has 6 heteroatoms. The van der Waals surface area contributed by atoms with Crippen LogP contribution in [-0.2, 0) is 0 Å². The molecule has 14 rings (SSSR count). The molecule has 6 heterocycles. The van der Waals surface area contributed by atoms with Crippen molar-refractivity contribution >= 4 is 119 Å². The Labute approximate surface area is 382 Å². The predicted molar refractivity (Wildman–Crippen MR) is 285 cm³/mol. The SMILES string of the molecule is C[Si]1(C)c2cc(N3c4ccccc4[Si]4(CCCC4)c4ccccc43)ccc2-c2ccc3c4c(ccc1c24)[Si](C)(C)c1cc(N2c4ccccc4[Si]4(CCCC4)c4ccccc42)ccc1-3. The fourth-order valence-corrected chi connectivity index (χ4v) is 31.8. The third-order valence-corrected chi connectivity index (χ3v) is 35.2. The monoisotopic (exact) mass is 890 g/mol. The quantitative estimate of drug-likeness (QED) is 0.160. The first-order chi connectivity index (χ1) is 31.2. The molecule has 6 aliphatic rings. The standard InChI is InChI=1S/C58H54N2Si4/c1-61(2)53-31-32-54-58-44(42-28-26-40(38-56(42)62(54,3)4)60-47-19-7-11-23-51(47)64(35-15-16-36-64)52-24-12-8-20-48(52)60)30-29-43(57(53)58)41-27-25-39(37-55(41)61)59-45-17-5-9-21-49(45)63(33-13-14-34-63)50-22-10-6-18-46(50)59/h5-12,17-32,37-38H,13-16,33-36H2,1-4H3. The van der Waals surface area contributed by atoms with Crippen molar-refractivity contribution in [3.63, 3.8) is 0 Å². The van der Waals surface area contributed by atoms with Gasteiger partial charge in [-0.25, -0.2) is 0 Å². The van der Waals surface area contributed by atoms with Gasteiger partial charge in [0.1, 0.15) is 32.3 Å². The Bertz CT molecular complexity index is 3020. The van der Waals surface area contributed by atoms with Crippen LogP contribution in [0.25, 0.3) is 33.0 Å². The van der Waals surface area contributed by atoms with E-state index in [2.05, 4.69) is 194 Å². The molecule has 0 unspecified atom stereocenters. The smallest absolute Gasteiger partial charge is 0.123 e. The molecule has 312 valence electrons. The van der Waals surface area contributed by atoms with Gasteiger partial charge in [0.25, 0.3) is 0 Å². The Balaban J connectivity index is 0.920. The number of anilines is 6. The zero-order valence-electron chi connectivity index (χ0n) is 37.6. The molecule has 0 saturated carbocycles. The molecule has 0 radical (unpaired) electrons. The fraction of sp³-hybridized carbons (Fsp3) is 0.207. The first kappa shape index (κ1) is 37.8. The van der Waals surface area contributed by atoms with Gasteiger partial charge in [-0.3, -0.25) is 0 Å². The molecule has 0 amide bonds. The summed E-state index contributed by atoms with van der Waals surface area (Å²) in [5.41, 5.74) is 14.1. The Hall–Kier alpha value is -5.51. The van der Waals surface area contributed by atoms with Crippen LogP contribution >= 0.6 is 0 Å². The van der Waals surface area contributed by atoms with E-state index < -0.39 is 32.3 Å². The Morgan fingerprint density at radius 1 is 0.312 bits per heavy atom. The van der Waals surface area contributed by atoms with Crippen LogP contribution in [0.3, 0.4) is 0 Å². The van der Waals surface area contributed by atoms with Crippen LogP contribution in [-0.4, -0.2) is 32.3 Å². The summed E-state index contributed by atoms with van der Waals surface area (Å²) in [5, 5.41) is 16.0. The van der Waals surface area contributed by atoms with Gasteiger partial charge in [-0.1, -0.05) is 161 Å². The van der Waals surface area contributed by atoms with Crippen LogP contribution in [0, 0.1) is 0 Å². The molecule has 2 spiro atoms. The van der Waals surface area contributed by atoms with Crippen LogP contribution in [0.4, 0.5) is 34.1 Å². The van der Waals surface area contributed by atoms with Gasteiger partial charge in [0.05, 0.1) is 0 Å². The number of fused-ring (bicyclic) bond motifs is 12. The zero-order chi connectivity index (χ0) is 42.7. The average molecular weight is 891 g/mol. The van der Waals surface area contributed by atoms with Crippen molar-refractivity contribution < 1.29 is 0 Å². The van der Waals surface area contributed by atoms with Crippen LogP contribution < -0.4 is 51.3 Å². The minimum atomic E-state index is -2.16. The summed E-state index contributed by atoms with van der Waals surface area (Å²) < 4.78 is 0. The maximum atomic E-state index is 2.64. The fourth-order valence-electron chi connectivity index (χ4n) is 14.6. The van der Waals surface area contributed by atoms with E-state index in [1.54, 1.807) is 41.5 Å². The molecular formula is C58H54N2Si4. The van der Waals surface area contributed by atoms with Gasteiger partial charge < -0.3 is 9.80 Å². The number of para-hydroxylation sites is 4. The summed E-state index contributed by atoms with van der Waals surface area (Å²) >= 11 is 0. The largest absolute Gasteiger partial charge is 0.311 e. The van der Waals surface area contributed by atoms with E-state index >= 15 is 0 Å². The van der Waals surface area contributed by atoms with Gasteiger partial charge >= 0.3 is 0 Å². The Morgan fingerprint density at radius 2 is 0.625 bits per heavy atom. The van der Waals surface area contributed by atoms with Gasteiger partial charge in [0, 0.05) is 34.1 Å². The van der Waals surface area contributed by atoms with Crippen molar-refractivity contribution in [2.75, 3.05) is 9.80 Å². The maximum Gasteiger partial charge on any atom is 0.123 e. The molecule has 0 aromatic heterocycles. The molecule has 0 N–H and O–H groups in total. The van der Waals surface area contributed by atoms with E-state index in [1.807, 2.05) is 0 Å². The van der Waals surface area contributed by atoms with E-state index in [0.29, 0.717) is 0 Å². The van der Waals surface area contributed by atoms with Crippen molar-refractivity contribution in [2.45, 2.75) is 76.0 Å². The molecule has 2 nitrogen and oxygen atoms in total. The first-order valence-electron chi connectivity index (χ1n) is 24.1. The Kier molecular flexibility index (Phi) is 7.72. The second-order valence-corrected chi connectivity index (χ2v) is 38.2. The third-order valence-electron chi connectivity index (χ3n) is 17.5. The van der Waals surface area contributed by atoms with E-state index in [0.717, 1.165) is 0 Å². The lowest BCUT2D eigenvalue weighted by Gasteiger charge is -2.44. The molecule has 8 aromatic rings. The normalized spacial score (nSPS) is 19.2. The van der Waals surface area contributed by atoms with Gasteiger partial charge in [0.2, 0.25) is 0 Å². The lowest BCUT2D eigenvalue weighted by atomic mass is 9.90. The minimum Gasteiger partial charge on any atom is -0.311 e. The molecule has 0 aliphatic carbocycles. The molecule has 64 heavy (non-hydrogen) atoms. The van der Waals surface area contributed by atoms with Crippen molar-refractivity contribution in [3.8, 4) is 22.3 Å². The molecule has 6 aliphatic heterocycles. The summed E-state index contributed by atoms with van der Waals surface area (Å²) in [7, 11) is -7.92. The molecular weight excluding hydrogens is 837 g/mol. The number of benzene rings is 8. The number of rotatable bonds is 2. The van der Waals surface area contributed by atoms with Crippen molar-refractivity contribution in [1.82, 2.24) is 0 Å². The molecule has 0 bridgehead atoms. The number of hydrogen-bond donors (Lipinski definition) is 0. The summed E-state index contributed by atoms with van der Waals surface area (Å²) in [6, 6.07) is 68.8. The van der Waals surface area contributed by atoms with Crippen LogP contribution in [0.15, 0.2) is 158 Å². The van der Waals surface area contributed by atoms with Gasteiger partial charge in [-0.05, 0) is 147 Å². The molecule has 2 saturated heterocycles. The summed E-state index contributed by atoms with van der Waals surface area (Å²) in [6.45, 7) is 10.5. The second kappa shape index (κ2) is 13.1. The molecule has 8 aromatic carbocycles. The number of hydrogen-bond acceptors (Lipinski definition) is 2. The minimum absolute atomic E-state index is 1.31. The van der Waals surface area contributed by atoms with Gasteiger partial charge in [-0.2, -0.15) is 0 Å². The zero-order valence-corrected chi connectivity index (χ0v) is 41.6. The Morgan fingerprint density at radius 3 is 0.969 bits per heavy atom. The second-order valence-electron chi connectivity index (χ2n) is 21.1. The molecule has 2 fully saturated rings. The van der Waals surface area contributed by atoms with Gasteiger partial charge in [0.15, 0.2) is 0 Å². The topological polar surface area (TPSA) is 6.48 Å². The summed E-state index contributed by atoms with van der Waals surface area (Å²) in [4.78, 5) is 5.27. The van der Waals surface area contributed by atoms with Crippen molar-refractivity contribution in [2.24, 2.45) is 0 Å². The summed E-state index contributed by atoms with van der Waals surface area (Å²) in [5.74, 6) is 0. The van der Waals surface area contributed by atoms with E-state index in [4.69, 9.17) is 0 Å². The van der Waals surface area contributed by atoms with Crippen LogP contribution in [0.1, 0.15) is 25.7 Å². The maximum absolute atomic E-state index is 2.64. The third kappa shape index (κ3) is 4.69. The predicted octanol–water partition coefficient (Wildman–Crippen LogP) is 10.7. The average Bonchev–Trinajstić information content (AvgIpc) is 4.03. The highest BCUT2D eigenvalue weighted by Crippen LogP contribution is 2.48. The van der Waals surface area contributed by atoms with Crippen LogP contribution in [0.2, 0.25) is 50.4 Å². The van der Waals surface area contributed by atoms with E-state index in [9.17, 15) is 0 Å². The first-order valence-corrected chi connectivity index (χ1v) is 34.9. The summed E-state index contributed by atoms with van der Waals surface area (Å²) in [6.07, 6.45) is 5.44. The van der Waals surface area contributed by atoms with Crippen molar-refractivity contribution in [1.29, 1.82) is 0 Å². The van der Waals surface area contributed by atoms with E-state index in [1.165, 1.54) is 117 Å². The van der Waals surface area contributed by atoms with E-state index in [-0.39, 0.29) is 0 Å². The lowest BCUT2D eigenvalue weighted by Crippen LogP contribution is -2.61. The highest BCUT2D eigenvalue weighted by Gasteiger charge is 2.50. The highest BCUT2D eigenvalue weighted by molar-refractivity contribution is 7.07. The van der Waals surface area contributed by atoms with Crippen molar-refractivity contribution in [3.05, 3.63) is 158 Å². The van der Waals surface area contributed by atoms with Crippen LogP contribution in [0.5, 0.6) is 0 Å². The number of nitrogens with zero attached hydrogens (tertiary/aromatic N) is 2. The van der Waals surface area contributed by atoms with Gasteiger partial charge in [-0.15, -0.1) is 0 Å². The lowest BCUT2D eigenvalue weighted by molar-refractivity contribution is 0.935.